The molecule has 35 heavy (non-hydrogen) atoms. The Labute approximate surface area is 206 Å². The average Bonchev–Trinajstić information content (AvgIpc) is 2.85. The first-order valence-corrected chi connectivity index (χ1v) is 10.1. The van der Waals surface area contributed by atoms with Gasteiger partial charge in [-0.25, -0.2) is 24.0 Å². The highest BCUT2D eigenvalue weighted by Gasteiger charge is 2.56. The Morgan fingerprint density at radius 2 is 1.17 bits per heavy atom. The molecule has 2 aromatic rings. The van der Waals surface area contributed by atoms with Crippen LogP contribution in [0.5, 0.6) is 0 Å². The van der Waals surface area contributed by atoms with E-state index in [0.29, 0.717) is 0 Å². The Morgan fingerprint density at radius 1 is 0.629 bits per heavy atom. The van der Waals surface area contributed by atoms with E-state index >= 15 is 0 Å². The second kappa shape index (κ2) is 10.6. The van der Waals surface area contributed by atoms with Gasteiger partial charge in [0.2, 0.25) is 41.1 Å². The molecule has 0 fully saturated rings. The molecule has 0 heterocycles. The summed E-state index contributed by atoms with van der Waals surface area (Å²) in [6.07, 6.45) is 6.66. The highest BCUT2D eigenvalue weighted by Crippen LogP contribution is 2.57. The standard InChI is InChI=1S/C23H9Cl2N5O5/c24-20-18(15-4-2-1-3-5-15)23(29-13-34,30-14-35)19(16-6-8-17(9-7-16)26-10-31)21(27-11-32)22(20,25)28-12-33/h1-9H. The number of nitrogens with zero attached hydrogens (tertiary/aromatic N) is 5. The molecular formula is C23H9Cl2N5O5. The Kier molecular flexibility index (Phi) is 7.55. The molecule has 0 N–H and O–H groups in total. The lowest BCUT2D eigenvalue weighted by Gasteiger charge is -2.39. The van der Waals surface area contributed by atoms with Gasteiger partial charge in [0.25, 0.3) is 0 Å². The van der Waals surface area contributed by atoms with E-state index in [2.05, 4.69) is 25.0 Å². The van der Waals surface area contributed by atoms with Crippen LogP contribution in [0.2, 0.25) is 0 Å². The van der Waals surface area contributed by atoms with Crippen molar-refractivity contribution in [2.75, 3.05) is 0 Å². The van der Waals surface area contributed by atoms with E-state index in [9.17, 15) is 24.0 Å². The van der Waals surface area contributed by atoms with Gasteiger partial charge in [-0.3, -0.25) is 0 Å². The molecule has 2 aromatic carbocycles. The summed E-state index contributed by atoms with van der Waals surface area (Å²) in [4.78, 5) is 72.5. The SMILES string of the molecule is O=C=NC1=C(c2ccc(N=C=O)cc2)C(N=C=O)(N=C=O)C(c2ccccc2)=C(Cl)C1(Cl)N=C=O. The van der Waals surface area contributed by atoms with Gasteiger partial charge in [0, 0.05) is 11.1 Å². The lowest BCUT2D eigenvalue weighted by Crippen LogP contribution is -2.40. The van der Waals surface area contributed by atoms with E-state index < -0.39 is 21.4 Å². The van der Waals surface area contributed by atoms with Crippen LogP contribution in [0.1, 0.15) is 11.1 Å². The fourth-order valence-corrected chi connectivity index (χ4v) is 4.26. The molecule has 1 aliphatic carbocycles. The third-order valence-corrected chi connectivity index (χ3v) is 5.94. The van der Waals surface area contributed by atoms with E-state index in [1.165, 1.54) is 54.7 Å². The molecule has 170 valence electrons. The number of aliphatic imine (C=N–C) groups is 5. The highest BCUT2D eigenvalue weighted by atomic mass is 35.5. The highest BCUT2D eigenvalue weighted by molar-refractivity contribution is 6.44. The molecular weight excluding hydrogens is 497 g/mol. The summed E-state index contributed by atoms with van der Waals surface area (Å²) in [5.74, 6) is 0. The molecule has 0 amide bonds. The van der Waals surface area contributed by atoms with Gasteiger partial charge < -0.3 is 0 Å². The van der Waals surface area contributed by atoms with E-state index in [0.717, 1.165) is 0 Å². The number of benzene rings is 2. The number of hydrogen-bond acceptors (Lipinski definition) is 10. The van der Waals surface area contributed by atoms with Crippen molar-refractivity contribution in [3.8, 4) is 0 Å². The fraction of sp³-hybridized carbons (Fsp3) is 0.0870. The summed E-state index contributed by atoms with van der Waals surface area (Å²) in [7, 11) is 0. The quantitative estimate of drug-likeness (QED) is 0.241. The zero-order chi connectivity index (χ0) is 25.5. The number of halogens is 2. The van der Waals surface area contributed by atoms with Gasteiger partial charge in [0.05, 0.1) is 10.7 Å². The summed E-state index contributed by atoms with van der Waals surface area (Å²) in [5.41, 5.74) is -2.62. The maximum Gasteiger partial charge on any atom is 0.240 e. The maximum atomic E-state index is 11.6. The normalized spacial score (nSPS) is 20.9. The molecule has 3 rings (SSSR count). The van der Waals surface area contributed by atoms with Crippen LogP contribution >= 0.6 is 23.2 Å². The maximum absolute atomic E-state index is 11.6. The van der Waals surface area contributed by atoms with Crippen LogP contribution in [0, 0.1) is 0 Å². The van der Waals surface area contributed by atoms with Crippen molar-refractivity contribution in [3.05, 3.63) is 76.5 Å². The molecule has 0 aliphatic heterocycles. The van der Waals surface area contributed by atoms with Gasteiger partial charge >= 0.3 is 0 Å². The van der Waals surface area contributed by atoms with Crippen LogP contribution in [0.3, 0.4) is 0 Å². The topological polar surface area (TPSA) is 147 Å². The Balaban J connectivity index is 2.65. The minimum atomic E-state index is -2.35. The first-order chi connectivity index (χ1) is 16.9. The molecule has 0 spiro atoms. The Morgan fingerprint density at radius 3 is 1.69 bits per heavy atom. The van der Waals surface area contributed by atoms with E-state index in [4.69, 9.17) is 23.2 Å². The molecule has 10 nitrogen and oxygen atoms in total. The third-order valence-electron chi connectivity index (χ3n) is 4.92. The largest absolute Gasteiger partial charge is 0.240 e. The number of hydrogen-bond donors (Lipinski definition) is 0. The minimum Gasteiger partial charge on any atom is -0.211 e. The molecule has 12 heteroatoms. The van der Waals surface area contributed by atoms with Gasteiger partial charge in [-0.05, 0) is 23.3 Å². The number of carbonyl (C=O) groups excluding carboxylic acids is 5. The molecule has 0 saturated carbocycles. The van der Waals surface area contributed by atoms with Crippen LogP contribution in [-0.2, 0) is 24.0 Å². The molecule has 0 radical (unpaired) electrons. The summed E-state index contributed by atoms with van der Waals surface area (Å²) in [6, 6.07) is 13.5. The molecule has 1 aliphatic rings. The lowest BCUT2D eigenvalue weighted by atomic mass is 9.76. The zero-order valence-electron chi connectivity index (χ0n) is 17.2. The first-order valence-electron chi connectivity index (χ1n) is 9.37. The van der Waals surface area contributed by atoms with Crippen molar-refractivity contribution < 1.29 is 24.0 Å². The van der Waals surface area contributed by atoms with E-state index in [1.54, 1.807) is 30.3 Å². The Bertz CT molecular complexity index is 1470. The third kappa shape index (κ3) is 4.33. The van der Waals surface area contributed by atoms with Gasteiger partial charge in [-0.1, -0.05) is 65.7 Å². The summed E-state index contributed by atoms with van der Waals surface area (Å²) in [5, 5.41) is -0.452. The summed E-state index contributed by atoms with van der Waals surface area (Å²) < 4.78 is 0. The Hall–Kier alpha value is -4.60. The number of alkyl halides is 1. The number of isocyanates is 5. The van der Waals surface area contributed by atoms with Crippen LogP contribution in [0.25, 0.3) is 11.1 Å². The van der Waals surface area contributed by atoms with Crippen LogP contribution < -0.4 is 0 Å². The number of rotatable bonds is 7. The first kappa shape index (κ1) is 25.0. The van der Waals surface area contributed by atoms with Crippen LogP contribution in [-0.4, -0.2) is 41.1 Å². The van der Waals surface area contributed by atoms with Crippen molar-refractivity contribution in [1.29, 1.82) is 0 Å². The van der Waals surface area contributed by atoms with Gasteiger partial charge in [0.15, 0.2) is 0 Å². The molecule has 0 aromatic heterocycles. The van der Waals surface area contributed by atoms with Gasteiger partial charge in [0.1, 0.15) is 5.70 Å². The van der Waals surface area contributed by atoms with Crippen molar-refractivity contribution in [2.24, 2.45) is 25.0 Å². The lowest BCUT2D eigenvalue weighted by molar-refractivity contribution is 0.545. The zero-order valence-corrected chi connectivity index (χ0v) is 18.7. The minimum absolute atomic E-state index is 0.130. The fourth-order valence-electron chi connectivity index (χ4n) is 3.63. The van der Waals surface area contributed by atoms with Gasteiger partial charge in [-0.15, -0.1) is 0 Å². The molecule has 0 saturated heterocycles. The van der Waals surface area contributed by atoms with Crippen molar-refractivity contribution in [3.63, 3.8) is 0 Å². The summed E-state index contributed by atoms with van der Waals surface area (Å²) >= 11 is 13.3. The second-order valence-electron chi connectivity index (χ2n) is 6.64. The predicted molar refractivity (Wildman–Crippen MR) is 124 cm³/mol. The predicted octanol–water partition coefficient (Wildman–Crippen LogP) is 4.00. The molecule has 1 unspecified atom stereocenters. The molecule has 1 atom stereocenters. The van der Waals surface area contributed by atoms with Gasteiger partial charge in [-0.2, -0.15) is 25.0 Å². The van der Waals surface area contributed by atoms with Crippen molar-refractivity contribution in [2.45, 2.75) is 10.7 Å². The van der Waals surface area contributed by atoms with Crippen LogP contribution in [0.15, 0.2) is 90.3 Å². The second-order valence-corrected chi connectivity index (χ2v) is 7.56. The monoisotopic (exact) mass is 505 g/mol. The van der Waals surface area contributed by atoms with Crippen LogP contribution in [0.4, 0.5) is 5.69 Å². The van der Waals surface area contributed by atoms with E-state index in [1.807, 2.05) is 0 Å². The molecule has 0 bridgehead atoms. The van der Waals surface area contributed by atoms with Crippen molar-refractivity contribution >= 4 is 70.4 Å². The smallest absolute Gasteiger partial charge is 0.211 e. The van der Waals surface area contributed by atoms with Crippen molar-refractivity contribution in [1.82, 2.24) is 0 Å². The van der Waals surface area contributed by atoms with E-state index in [-0.39, 0.29) is 28.0 Å². The average molecular weight is 506 g/mol. The summed E-state index contributed by atoms with van der Waals surface area (Å²) in [6.45, 7) is 0.